The van der Waals surface area contributed by atoms with Crippen LogP contribution in [0.1, 0.15) is 33.6 Å². The molecule has 1 rings (SSSR count). The Bertz CT molecular complexity index is 156. The van der Waals surface area contributed by atoms with Crippen LogP contribution in [0.15, 0.2) is 0 Å². The fraction of sp³-hybridized carbons (Fsp3) is 1.00. The van der Waals surface area contributed by atoms with Gasteiger partial charge in [-0.25, -0.2) is 0 Å². The Morgan fingerprint density at radius 1 is 1.29 bits per heavy atom. The highest BCUT2D eigenvalue weighted by Crippen LogP contribution is 2.44. The topological polar surface area (TPSA) is 21.3 Å². The lowest BCUT2D eigenvalue weighted by atomic mass is 9.63. The molecule has 0 atom stereocenters. The summed E-state index contributed by atoms with van der Waals surface area (Å²) in [6.45, 7) is 10.1. The van der Waals surface area contributed by atoms with Crippen LogP contribution < -0.4 is 5.32 Å². The van der Waals surface area contributed by atoms with Gasteiger partial charge in [0, 0.05) is 13.7 Å². The maximum Gasteiger partial charge on any atom is 0.0587 e. The molecule has 1 saturated carbocycles. The molecule has 2 nitrogen and oxygen atoms in total. The van der Waals surface area contributed by atoms with E-state index in [0.29, 0.717) is 5.41 Å². The van der Waals surface area contributed by atoms with Crippen LogP contribution in [0, 0.1) is 17.3 Å². The van der Waals surface area contributed by atoms with E-state index in [1.165, 1.54) is 19.4 Å². The molecule has 0 aromatic carbocycles. The molecular formula is C12H25NO. The van der Waals surface area contributed by atoms with E-state index in [1.807, 2.05) is 0 Å². The van der Waals surface area contributed by atoms with Gasteiger partial charge in [-0.1, -0.05) is 20.8 Å². The van der Waals surface area contributed by atoms with Crippen LogP contribution in [0.2, 0.25) is 0 Å². The summed E-state index contributed by atoms with van der Waals surface area (Å²) in [5.74, 6) is 1.85. The highest BCUT2D eigenvalue weighted by molar-refractivity contribution is 4.87. The first-order chi connectivity index (χ1) is 6.54. The number of hydrogen-bond donors (Lipinski definition) is 1. The monoisotopic (exact) mass is 199 g/mol. The molecule has 0 aromatic rings. The zero-order chi connectivity index (χ0) is 10.6. The molecule has 0 aliphatic heterocycles. The Labute approximate surface area is 88.4 Å². The second-order valence-electron chi connectivity index (χ2n) is 5.60. The summed E-state index contributed by atoms with van der Waals surface area (Å²) >= 11 is 0. The van der Waals surface area contributed by atoms with E-state index in [1.54, 1.807) is 7.11 Å². The van der Waals surface area contributed by atoms with Crippen molar-refractivity contribution in [3.05, 3.63) is 0 Å². The van der Waals surface area contributed by atoms with Crippen molar-refractivity contribution in [3.63, 3.8) is 0 Å². The molecule has 1 fully saturated rings. The van der Waals surface area contributed by atoms with Crippen LogP contribution in [0.25, 0.3) is 0 Å². The van der Waals surface area contributed by atoms with Crippen LogP contribution in [-0.4, -0.2) is 26.8 Å². The average Bonchev–Trinajstić information content (AvgIpc) is 1.98. The van der Waals surface area contributed by atoms with Crippen molar-refractivity contribution < 1.29 is 4.74 Å². The molecule has 1 N–H and O–H groups in total. The molecule has 2 heteroatoms. The molecule has 0 aromatic heterocycles. The SMILES string of the molecule is COCCNCC1CC(C(C)(C)C)C1. The van der Waals surface area contributed by atoms with Crippen LogP contribution in [0.5, 0.6) is 0 Å². The largest absolute Gasteiger partial charge is 0.383 e. The standard InChI is InChI=1S/C12H25NO/c1-12(2,3)11-7-10(8-11)9-13-5-6-14-4/h10-11,13H,5-9H2,1-4H3. The summed E-state index contributed by atoms with van der Waals surface area (Å²) in [5.41, 5.74) is 0.517. The smallest absolute Gasteiger partial charge is 0.0587 e. The second kappa shape index (κ2) is 5.13. The van der Waals surface area contributed by atoms with Gasteiger partial charge in [0.15, 0.2) is 0 Å². The lowest BCUT2D eigenvalue weighted by molar-refractivity contribution is 0.0744. The quantitative estimate of drug-likeness (QED) is 0.686. The van der Waals surface area contributed by atoms with Gasteiger partial charge in [-0.2, -0.15) is 0 Å². The van der Waals surface area contributed by atoms with E-state index in [-0.39, 0.29) is 0 Å². The zero-order valence-electron chi connectivity index (χ0n) is 10.1. The maximum absolute atomic E-state index is 4.99. The summed E-state index contributed by atoms with van der Waals surface area (Å²) in [4.78, 5) is 0. The van der Waals surface area contributed by atoms with Crippen molar-refractivity contribution in [3.8, 4) is 0 Å². The third kappa shape index (κ3) is 3.58. The van der Waals surface area contributed by atoms with Crippen molar-refractivity contribution in [2.75, 3.05) is 26.8 Å². The predicted octanol–water partition coefficient (Wildman–Crippen LogP) is 2.29. The summed E-state index contributed by atoms with van der Waals surface area (Å²) in [7, 11) is 1.75. The minimum absolute atomic E-state index is 0.517. The Morgan fingerprint density at radius 2 is 1.93 bits per heavy atom. The van der Waals surface area contributed by atoms with Gasteiger partial charge in [0.1, 0.15) is 0 Å². The molecule has 0 amide bonds. The Kier molecular flexibility index (Phi) is 4.39. The summed E-state index contributed by atoms with van der Waals surface area (Å²) in [5, 5.41) is 3.44. The fourth-order valence-electron chi connectivity index (χ4n) is 2.09. The first kappa shape index (κ1) is 12.0. The number of ether oxygens (including phenoxy) is 1. The van der Waals surface area contributed by atoms with E-state index >= 15 is 0 Å². The van der Waals surface area contributed by atoms with Crippen molar-refractivity contribution in [1.82, 2.24) is 5.32 Å². The Morgan fingerprint density at radius 3 is 2.43 bits per heavy atom. The molecule has 84 valence electrons. The van der Waals surface area contributed by atoms with Gasteiger partial charge in [-0.05, 0) is 36.6 Å². The van der Waals surface area contributed by atoms with E-state index in [9.17, 15) is 0 Å². The van der Waals surface area contributed by atoms with Gasteiger partial charge in [-0.3, -0.25) is 0 Å². The van der Waals surface area contributed by atoms with E-state index < -0.39 is 0 Å². The third-order valence-corrected chi connectivity index (χ3v) is 3.38. The zero-order valence-corrected chi connectivity index (χ0v) is 10.1. The predicted molar refractivity (Wildman–Crippen MR) is 60.4 cm³/mol. The summed E-state index contributed by atoms with van der Waals surface area (Å²) in [6.07, 6.45) is 2.81. The van der Waals surface area contributed by atoms with Crippen molar-refractivity contribution in [2.24, 2.45) is 17.3 Å². The molecule has 0 heterocycles. The van der Waals surface area contributed by atoms with Crippen molar-refractivity contribution in [2.45, 2.75) is 33.6 Å². The number of methoxy groups -OCH3 is 1. The van der Waals surface area contributed by atoms with E-state index in [0.717, 1.165) is 25.0 Å². The molecule has 14 heavy (non-hydrogen) atoms. The van der Waals surface area contributed by atoms with Crippen LogP contribution in [0.3, 0.4) is 0 Å². The Balaban J connectivity index is 1.99. The highest BCUT2D eigenvalue weighted by Gasteiger charge is 2.36. The van der Waals surface area contributed by atoms with Crippen LogP contribution in [-0.2, 0) is 4.74 Å². The summed E-state index contributed by atoms with van der Waals surface area (Å²) in [6, 6.07) is 0. The first-order valence-corrected chi connectivity index (χ1v) is 5.73. The minimum atomic E-state index is 0.517. The van der Waals surface area contributed by atoms with E-state index in [2.05, 4.69) is 26.1 Å². The summed E-state index contributed by atoms with van der Waals surface area (Å²) < 4.78 is 4.99. The minimum Gasteiger partial charge on any atom is -0.383 e. The van der Waals surface area contributed by atoms with Crippen molar-refractivity contribution in [1.29, 1.82) is 0 Å². The van der Waals surface area contributed by atoms with Gasteiger partial charge in [-0.15, -0.1) is 0 Å². The van der Waals surface area contributed by atoms with Crippen LogP contribution >= 0.6 is 0 Å². The highest BCUT2D eigenvalue weighted by atomic mass is 16.5. The van der Waals surface area contributed by atoms with Gasteiger partial charge >= 0.3 is 0 Å². The Hall–Kier alpha value is -0.0800. The van der Waals surface area contributed by atoms with Gasteiger partial charge in [0.05, 0.1) is 6.61 Å². The molecular weight excluding hydrogens is 174 g/mol. The van der Waals surface area contributed by atoms with Gasteiger partial charge in [0.2, 0.25) is 0 Å². The third-order valence-electron chi connectivity index (χ3n) is 3.38. The van der Waals surface area contributed by atoms with Gasteiger partial charge in [0.25, 0.3) is 0 Å². The lowest BCUT2D eigenvalue weighted by Gasteiger charge is -2.44. The number of rotatable bonds is 5. The van der Waals surface area contributed by atoms with Crippen molar-refractivity contribution >= 4 is 0 Å². The molecule has 0 radical (unpaired) electrons. The molecule has 1 aliphatic carbocycles. The molecule has 0 saturated heterocycles. The van der Waals surface area contributed by atoms with Crippen LogP contribution in [0.4, 0.5) is 0 Å². The fourth-order valence-corrected chi connectivity index (χ4v) is 2.09. The molecule has 0 unspecified atom stereocenters. The molecule has 0 bridgehead atoms. The lowest BCUT2D eigenvalue weighted by Crippen LogP contribution is -2.39. The average molecular weight is 199 g/mol. The van der Waals surface area contributed by atoms with Gasteiger partial charge < -0.3 is 10.1 Å². The first-order valence-electron chi connectivity index (χ1n) is 5.73. The number of nitrogens with one attached hydrogen (secondary N) is 1. The molecule has 0 spiro atoms. The normalized spacial score (nSPS) is 27.4. The number of hydrogen-bond acceptors (Lipinski definition) is 2. The second-order valence-corrected chi connectivity index (χ2v) is 5.60. The molecule has 1 aliphatic rings. The van der Waals surface area contributed by atoms with E-state index in [4.69, 9.17) is 4.74 Å². The maximum atomic E-state index is 4.99.